The third kappa shape index (κ3) is 4.70. The molecule has 0 bridgehead atoms. The number of benzene rings is 1. The summed E-state index contributed by atoms with van der Waals surface area (Å²) in [6.07, 6.45) is 3.91. The Labute approximate surface area is 173 Å². The van der Waals surface area contributed by atoms with E-state index in [9.17, 15) is 4.79 Å². The van der Waals surface area contributed by atoms with Crippen molar-refractivity contribution >= 4 is 45.0 Å². The minimum absolute atomic E-state index is 0. The highest BCUT2D eigenvalue weighted by molar-refractivity contribution is 7.22. The van der Waals surface area contributed by atoms with Crippen molar-refractivity contribution in [3.8, 4) is 11.5 Å². The topological polar surface area (TPSA) is 88.2 Å². The van der Waals surface area contributed by atoms with Gasteiger partial charge in [0.15, 0.2) is 5.13 Å². The van der Waals surface area contributed by atoms with Crippen LogP contribution in [0.1, 0.15) is 23.3 Å². The second-order valence-corrected chi connectivity index (χ2v) is 7.42. The molecule has 1 fully saturated rings. The van der Waals surface area contributed by atoms with Gasteiger partial charge in [0, 0.05) is 38.0 Å². The van der Waals surface area contributed by atoms with Crippen LogP contribution in [0.4, 0.5) is 5.13 Å². The Kier molecular flexibility index (Phi) is 6.66. The largest absolute Gasteiger partial charge is 0.457 e. The monoisotopic (exact) mass is 419 g/mol. The van der Waals surface area contributed by atoms with Crippen LogP contribution in [0.15, 0.2) is 36.5 Å². The predicted molar refractivity (Wildman–Crippen MR) is 114 cm³/mol. The van der Waals surface area contributed by atoms with Gasteiger partial charge in [-0.25, -0.2) is 4.98 Å². The number of aromatic nitrogens is 2. The number of fused-ring (bicyclic) bond motifs is 1. The first kappa shape index (κ1) is 20.3. The molecule has 1 aliphatic heterocycles. The molecule has 1 aromatic carbocycles. The van der Waals surface area contributed by atoms with Gasteiger partial charge in [0.1, 0.15) is 17.2 Å². The number of piperidine rings is 1. The highest BCUT2D eigenvalue weighted by atomic mass is 35.5. The van der Waals surface area contributed by atoms with Crippen LogP contribution >= 0.6 is 23.7 Å². The Bertz CT molecular complexity index is 958. The van der Waals surface area contributed by atoms with E-state index in [1.807, 2.05) is 18.2 Å². The van der Waals surface area contributed by atoms with Crippen molar-refractivity contribution in [2.24, 2.45) is 0 Å². The van der Waals surface area contributed by atoms with E-state index in [1.165, 1.54) is 6.42 Å². The van der Waals surface area contributed by atoms with Crippen molar-refractivity contribution in [2.75, 3.05) is 25.5 Å². The highest BCUT2D eigenvalue weighted by Gasteiger charge is 2.15. The average Bonchev–Trinajstić information content (AvgIpc) is 3.10. The zero-order valence-electron chi connectivity index (χ0n) is 15.4. The smallest absolute Gasteiger partial charge is 0.269 e. The Morgan fingerprint density at radius 3 is 2.93 bits per heavy atom. The zero-order chi connectivity index (χ0) is 18.6. The summed E-state index contributed by atoms with van der Waals surface area (Å²) in [6, 6.07) is 9.58. The van der Waals surface area contributed by atoms with Gasteiger partial charge in [-0.2, -0.15) is 0 Å². The maximum Gasteiger partial charge on any atom is 0.269 e. The molecule has 3 heterocycles. The molecule has 0 aliphatic carbocycles. The normalized spacial score (nSPS) is 16.2. The molecule has 9 heteroatoms. The number of amides is 1. The van der Waals surface area contributed by atoms with Crippen molar-refractivity contribution in [2.45, 2.75) is 18.9 Å². The fraction of sp³-hybridized carbons (Fsp3) is 0.316. The first-order valence-corrected chi connectivity index (χ1v) is 9.77. The second kappa shape index (κ2) is 9.18. The van der Waals surface area contributed by atoms with Gasteiger partial charge in [0.05, 0.1) is 10.2 Å². The molecule has 0 saturated carbocycles. The van der Waals surface area contributed by atoms with Crippen LogP contribution in [0.3, 0.4) is 0 Å². The van der Waals surface area contributed by atoms with Crippen LogP contribution in [-0.2, 0) is 0 Å². The molecule has 4 rings (SSSR count). The molecule has 1 saturated heterocycles. The molecule has 1 aliphatic rings. The molecule has 148 valence electrons. The Balaban J connectivity index is 0.00000225. The van der Waals surface area contributed by atoms with E-state index < -0.39 is 0 Å². The maximum atomic E-state index is 11.7. The van der Waals surface area contributed by atoms with Crippen LogP contribution in [0.2, 0.25) is 0 Å². The fourth-order valence-electron chi connectivity index (χ4n) is 3.04. The van der Waals surface area contributed by atoms with Gasteiger partial charge in [0.25, 0.3) is 5.91 Å². The van der Waals surface area contributed by atoms with E-state index in [4.69, 9.17) is 4.74 Å². The number of hydrogen-bond acceptors (Lipinski definition) is 7. The first-order chi connectivity index (χ1) is 13.2. The van der Waals surface area contributed by atoms with Crippen molar-refractivity contribution in [1.29, 1.82) is 0 Å². The van der Waals surface area contributed by atoms with Gasteiger partial charge >= 0.3 is 0 Å². The maximum absolute atomic E-state index is 11.7. The van der Waals surface area contributed by atoms with Crippen LogP contribution in [0, 0.1) is 0 Å². The number of hydrogen-bond donors (Lipinski definition) is 3. The van der Waals surface area contributed by atoms with Crippen LogP contribution in [0.5, 0.6) is 11.5 Å². The molecular weight excluding hydrogens is 398 g/mol. The molecule has 28 heavy (non-hydrogen) atoms. The van der Waals surface area contributed by atoms with Crippen molar-refractivity contribution in [3.63, 3.8) is 0 Å². The number of thiazole rings is 1. The van der Waals surface area contributed by atoms with Crippen molar-refractivity contribution in [3.05, 3.63) is 42.2 Å². The lowest BCUT2D eigenvalue weighted by Crippen LogP contribution is -2.38. The Hall–Kier alpha value is -2.42. The summed E-state index contributed by atoms with van der Waals surface area (Å²) in [5.41, 5.74) is 1.26. The molecule has 2 aromatic heterocycles. The standard InChI is InChI=1S/C19H21N5O2S.ClH/c1-20-18(25)16-9-14(6-8-22-16)26-13-4-5-15-17(10-13)27-19(24-15)23-12-3-2-7-21-11-12;/h4-6,8-10,12,21H,2-3,7,11H2,1H3,(H,20,25)(H,23,24);1H/t12-;/m0./s1. The van der Waals surface area contributed by atoms with Gasteiger partial charge in [0.2, 0.25) is 0 Å². The van der Waals surface area contributed by atoms with Gasteiger partial charge < -0.3 is 20.7 Å². The molecule has 7 nitrogen and oxygen atoms in total. The lowest BCUT2D eigenvalue weighted by molar-refractivity contribution is 0.0958. The summed E-state index contributed by atoms with van der Waals surface area (Å²) < 4.78 is 6.96. The van der Waals surface area contributed by atoms with Gasteiger partial charge in [-0.3, -0.25) is 9.78 Å². The van der Waals surface area contributed by atoms with Crippen LogP contribution < -0.4 is 20.7 Å². The molecule has 3 N–H and O–H groups in total. The Morgan fingerprint density at radius 2 is 2.14 bits per heavy atom. The summed E-state index contributed by atoms with van der Waals surface area (Å²) in [7, 11) is 1.57. The summed E-state index contributed by atoms with van der Waals surface area (Å²) in [4.78, 5) is 20.4. The summed E-state index contributed by atoms with van der Waals surface area (Å²) in [6.45, 7) is 2.06. The molecule has 0 spiro atoms. The van der Waals surface area contributed by atoms with Crippen molar-refractivity contribution < 1.29 is 9.53 Å². The number of nitrogens with zero attached hydrogens (tertiary/aromatic N) is 2. The third-order valence-electron chi connectivity index (χ3n) is 4.41. The highest BCUT2D eigenvalue weighted by Crippen LogP contribution is 2.32. The van der Waals surface area contributed by atoms with Gasteiger partial charge in [-0.05, 0) is 37.6 Å². The van der Waals surface area contributed by atoms with Gasteiger partial charge in [-0.1, -0.05) is 11.3 Å². The lowest BCUT2D eigenvalue weighted by Gasteiger charge is -2.23. The fourth-order valence-corrected chi connectivity index (χ4v) is 4.01. The Morgan fingerprint density at radius 1 is 1.29 bits per heavy atom. The first-order valence-electron chi connectivity index (χ1n) is 8.95. The number of pyridine rings is 1. The molecular formula is C19H22ClN5O2S. The number of anilines is 1. The quantitative estimate of drug-likeness (QED) is 0.587. The summed E-state index contributed by atoms with van der Waals surface area (Å²) in [5, 5.41) is 10.4. The zero-order valence-corrected chi connectivity index (χ0v) is 17.0. The minimum Gasteiger partial charge on any atom is -0.457 e. The van der Waals surface area contributed by atoms with Crippen LogP contribution in [0.25, 0.3) is 10.2 Å². The number of halogens is 1. The van der Waals surface area contributed by atoms with E-state index in [-0.39, 0.29) is 18.3 Å². The predicted octanol–water partition coefficient (Wildman–Crippen LogP) is 3.43. The third-order valence-corrected chi connectivity index (χ3v) is 5.36. The van der Waals surface area contributed by atoms with E-state index in [1.54, 1.807) is 36.7 Å². The van der Waals surface area contributed by atoms with E-state index in [0.29, 0.717) is 23.2 Å². The number of rotatable bonds is 5. The minimum atomic E-state index is -0.244. The van der Waals surface area contributed by atoms with Crippen LogP contribution in [-0.4, -0.2) is 42.1 Å². The van der Waals surface area contributed by atoms with Crippen molar-refractivity contribution in [1.82, 2.24) is 20.6 Å². The average molecular weight is 420 g/mol. The molecule has 0 radical (unpaired) electrons. The molecule has 1 amide bonds. The molecule has 0 unspecified atom stereocenters. The second-order valence-electron chi connectivity index (χ2n) is 6.39. The lowest BCUT2D eigenvalue weighted by atomic mass is 10.1. The molecule has 1 atom stereocenters. The van der Waals surface area contributed by atoms with E-state index in [2.05, 4.69) is 25.9 Å². The summed E-state index contributed by atoms with van der Waals surface area (Å²) in [5.74, 6) is 1.02. The number of ether oxygens (including phenoxy) is 1. The number of carbonyl (C=O) groups is 1. The summed E-state index contributed by atoms with van der Waals surface area (Å²) >= 11 is 1.62. The molecule has 3 aromatic rings. The van der Waals surface area contributed by atoms with E-state index >= 15 is 0 Å². The van der Waals surface area contributed by atoms with Gasteiger partial charge in [-0.15, -0.1) is 12.4 Å². The number of carbonyl (C=O) groups excluding carboxylic acids is 1. The SMILES string of the molecule is CNC(=O)c1cc(Oc2ccc3nc(N[C@H]4CCCNC4)sc3c2)ccn1.Cl. The number of nitrogens with one attached hydrogen (secondary N) is 3. The van der Waals surface area contributed by atoms with E-state index in [0.717, 1.165) is 34.9 Å².